The summed E-state index contributed by atoms with van der Waals surface area (Å²) in [4.78, 5) is 0. The number of fused-ring (bicyclic) bond motifs is 9. The molecule has 0 bridgehead atoms. The maximum Gasteiger partial charge on any atom is 0.240 e. The third-order valence-corrected chi connectivity index (χ3v) is 8.84. The van der Waals surface area contributed by atoms with Crippen molar-refractivity contribution in [2.24, 2.45) is 0 Å². The normalized spacial score (nSPS) is 12.1. The average molecular weight is 566 g/mol. The number of furan rings is 1. The molecule has 0 aliphatic carbocycles. The van der Waals surface area contributed by atoms with Gasteiger partial charge in [-0.1, -0.05) is 66.7 Å². The summed E-state index contributed by atoms with van der Waals surface area (Å²) in [6.45, 7) is 0. The molecule has 4 heterocycles. The lowest BCUT2D eigenvalue weighted by atomic mass is 10.0. The molecular formula is C38H23N5O. The Bertz CT molecular complexity index is 2680. The Kier molecular flexibility index (Phi) is 4.63. The van der Waals surface area contributed by atoms with Crippen molar-refractivity contribution in [1.29, 1.82) is 0 Å². The van der Waals surface area contributed by atoms with Crippen LogP contribution in [0.15, 0.2) is 144 Å². The summed E-state index contributed by atoms with van der Waals surface area (Å²) in [5.41, 5.74) is 10.7. The minimum Gasteiger partial charge on any atom is -0.456 e. The number of para-hydroxylation sites is 4. The molecule has 0 aliphatic rings. The van der Waals surface area contributed by atoms with Crippen LogP contribution in [-0.4, -0.2) is 23.7 Å². The second-order valence-electron chi connectivity index (χ2n) is 11.2. The summed E-state index contributed by atoms with van der Waals surface area (Å²) in [5, 5.41) is 13.3. The van der Waals surface area contributed by atoms with Gasteiger partial charge >= 0.3 is 0 Å². The van der Waals surface area contributed by atoms with Gasteiger partial charge in [-0.15, -0.1) is 10.2 Å². The first-order valence-electron chi connectivity index (χ1n) is 14.7. The zero-order valence-electron chi connectivity index (χ0n) is 23.4. The predicted octanol–water partition coefficient (Wildman–Crippen LogP) is 9.34. The molecule has 0 fully saturated rings. The van der Waals surface area contributed by atoms with Crippen molar-refractivity contribution < 1.29 is 4.42 Å². The molecule has 6 nitrogen and oxygen atoms in total. The average Bonchev–Trinajstić information content (AvgIpc) is 3.84. The molecule has 44 heavy (non-hydrogen) atoms. The molecule has 0 aliphatic heterocycles. The van der Waals surface area contributed by atoms with E-state index in [-0.39, 0.29) is 0 Å². The van der Waals surface area contributed by atoms with Crippen molar-refractivity contribution in [3.05, 3.63) is 140 Å². The Morgan fingerprint density at radius 1 is 0.455 bits per heavy atom. The number of nitrogens with zero attached hydrogens (tertiary/aromatic N) is 5. The molecule has 6 aromatic carbocycles. The molecule has 0 amide bonds. The van der Waals surface area contributed by atoms with E-state index in [1.165, 1.54) is 21.8 Å². The van der Waals surface area contributed by atoms with Crippen molar-refractivity contribution in [2.45, 2.75) is 0 Å². The molecule has 10 rings (SSSR count). The Balaban J connectivity index is 1.15. The molecule has 6 heteroatoms. The van der Waals surface area contributed by atoms with Gasteiger partial charge in [-0.3, -0.25) is 8.97 Å². The number of hydrogen-bond acceptors (Lipinski definition) is 3. The van der Waals surface area contributed by atoms with E-state index in [0.29, 0.717) is 0 Å². The largest absolute Gasteiger partial charge is 0.456 e. The fraction of sp³-hybridized carbons (Fsp3) is 0. The van der Waals surface area contributed by atoms with Crippen LogP contribution in [0.4, 0.5) is 0 Å². The van der Waals surface area contributed by atoms with Gasteiger partial charge in [0.2, 0.25) is 5.78 Å². The summed E-state index contributed by atoms with van der Waals surface area (Å²) in [6, 6.07) is 47.1. The van der Waals surface area contributed by atoms with Gasteiger partial charge in [-0.25, -0.2) is 0 Å². The number of aromatic nitrogens is 5. The predicted molar refractivity (Wildman–Crippen MR) is 177 cm³/mol. The molecule has 10 aromatic rings. The summed E-state index contributed by atoms with van der Waals surface area (Å²) in [5.74, 6) is 0.789. The van der Waals surface area contributed by atoms with Gasteiger partial charge in [-0.2, -0.15) is 0 Å². The van der Waals surface area contributed by atoms with Crippen molar-refractivity contribution in [2.75, 3.05) is 0 Å². The van der Waals surface area contributed by atoms with Crippen LogP contribution in [0.5, 0.6) is 0 Å². The molecule has 4 aromatic heterocycles. The second-order valence-corrected chi connectivity index (χ2v) is 11.2. The van der Waals surface area contributed by atoms with E-state index in [4.69, 9.17) is 4.42 Å². The summed E-state index contributed by atoms with van der Waals surface area (Å²) in [7, 11) is 0. The van der Waals surface area contributed by atoms with Gasteiger partial charge in [-0.05, 0) is 77.9 Å². The molecule has 0 N–H and O–H groups in total. The quantitative estimate of drug-likeness (QED) is 0.214. The molecule has 0 atom stereocenters. The SMILES string of the molecule is c1cc(-c2ccc3oc4ccc(-n5c6ccccc6c6ccccc65)cc4c3c2)cc(-n2c3ccccc3n3cnnc23)c1. The number of imidazole rings is 1. The number of rotatable bonds is 3. The van der Waals surface area contributed by atoms with Crippen LogP contribution in [0.3, 0.4) is 0 Å². The van der Waals surface area contributed by atoms with Crippen molar-refractivity contribution in [3.63, 3.8) is 0 Å². The van der Waals surface area contributed by atoms with Crippen LogP contribution in [0, 0.1) is 0 Å². The minimum atomic E-state index is 0.789. The minimum absolute atomic E-state index is 0.789. The fourth-order valence-electron chi connectivity index (χ4n) is 6.88. The van der Waals surface area contributed by atoms with Crippen molar-refractivity contribution >= 4 is 60.6 Å². The highest BCUT2D eigenvalue weighted by atomic mass is 16.3. The van der Waals surface area contributed by atoms with E-state index >= 15 is 0 Å². The third-order valence-electron chi connectivity index (χ3n) is 8.84. The summed E-state index contributed by atoms with van der Waals surface area (Å²) in [6.07, 6.45) is 1.77. The highest BCUT2D eigenvalue weighted by molar-refractivity contribution is 6.11. The van der Waals surface area contributed by atoms with Crippen molar-refractivity contribution in [3.8, 4) is 22.5 Å². The van der Waals surface area contributed by atoms with Crippen LogP contribution in [0.25, 0.3) is 83.1 Å². The lowest BCUT2D eigenvalue weighted by Gasteiger charge is -2.09. The van der Waals surface area contributed by atoms with E-state index < -0.39 is 0 Å². The Morgan fingerprint density at radius 3 is 1.89 bits per heavy atom. The first-order valence-corrected chi connectivity index (χ1v) is 14.7. The smallest absolute Gasteiger partial charge is 0.240 e. The van der Waals surface area contributed by atoms with Gasteiger partial charge in [0.25, 0.3) is 0 Å². The number of benzene rings is 6. The monoisotopic (exact) mass is 565 g/mol. The van der Waals surface area contributed by atoms with Gasteiger partial charge in [0.15, 0.2) is 0 Å². The van der Waals surface area contributed by atoms with E-state index in [9.17, 15) is 0 Å². The number of hydrogen-bond donors (Lipinski definition) is 0. The lowest BCUT2D eigenvalue weighted by molar-refractivity contribution is 0.669. The molecule has 0 unspecified atom stereocenters. The van der Waals surface area contributed by atoms with Gasteiger partial charge in [0.05, 0.1) is 22.1 Å². The Labute approximate surface area is 250 Å². The van der Waals surface area contributed by atoms with Crippen LogP contribution >= 0.6 is 0 Å². The van der Waals surface area contributed by atoms with Crippen LogP contribution in [-0.2, 0) is 0 Å². The summed E-state index contributed by atoms with van der Waals surface area (Å²) >= 11 is 0. The van der Waals surface area contributed by atoms with Crippen LogP contribution in [0.2, 0.25) is 0 Å². The highest BCUT2D eigenvalue weighted by Gasteiger charge is 2.16. The maximum absolute atomic E-state index is 6.33. The third kappa shape index (κ3) is 3.19. The van der Waals surface area contributed by atoms with E-state index in [0.717, 1.165) is 61.3 Å². The molecule has 0 spiro atoms. The zero-order valence-corrected chi connectivity index (χ0v) is 23.4. The first-order chi connectivity index (χ1) is 21.8. The van der Waals surface area contributed by atoms with E-state index in [1.807, 2.05) is 10.5 Å². The lowest BCUT2D eigenvalue weighted by Crippen LogP contribution is -1.95. The standard InChI is InChI=1S/C38H23N5O/c1-3-12-32-28(10-1)29-11-2-4-13-33(29)42(32)27-17-19-37-31(22-27)30-21-25(16-18-36(30)44-37)24-8-7-9-26(20-24)43-35-15-6-5-14-34(35)41-23-39-40-38(41)43/h1-23H. The summed E-state index contributed by atoms with van der Waals surface area (Å²) < 4.78 is 12.9. The van der Waals surface area contributed by atoms with Crippen LogP contribution < -0.4 is 0 Å². The van der Waals surface area contributed by atoms with Gasteiger partial charge in [0.1, 0.15) is 17.5 Å². The highest BCUT2D eigenvalue weighted by Crippen LogP contribution is 2.37. The van der Waals surface area contributed by atoms with Crippen LogP contribution in [0.1, 0.15) is 0 Å². The Morgan fingerprint density at radius 2 is 1.09 bits per heavy atom. The molecule has 206 valence electrons. The maximum atomic E-state index is 6.33. The second kappa shape index (κ2) is 8.69. The molecule has 0 saturated heterocycles. The zero-order chi connectivity index (χ0) is 28.8. The van der Waals surface area contributed by atoms with Crippen molar-refractivity contribution in [1.82, 2.24) is 23.7 Å². The van der Waals surface area contributed by atoms with Gasteiger partial charge in [0, 0.05) is 32.9 Å². The van der Waals surface area contributed by atoms with E-state index in [1.54, 1.807) is 6.33 Å². The van der Waals surface area contributed by atoms with Gasteiger partial charge < -0.3 is 8.98 Å². The fourth-order valence-corrected chi connectivity index (χ4v) is 6.88. The molecular weight excluding hydrogens is 542 g/mol. The molecule has 0 radical (unpaired) electrons. The Hall–Kier alpha value is -6.14. The van der Waals surface area contributed by atoms with E-state index in [2.05, 4.69) is 147 Å². The topological polar surface area (TPSA) is 53.2 Å². The molecule has 0 saturated carbocycles. The first kappa shape index (κ1) is 23.4.